The van der Waals surface area contributed by atoms with Crippen molar-refractivity contribution in [3.8, 4) is 0 Å². The minimum atomic E-state index is -0.250. The summed E-state index contributed by atoms with van der Waals surface area (Å²) in [6.07, 6.45) is 0. The Morgan fingerprint density at radius 2 is 0.933 bits per heavy atom. The molecular formula is C13H10O2. The Morgan fingerprint density at radius 1 is 0.733 bits per heavy atom. The van der Waals surface area contributed by atoms with Crippen LogP contribution in [0.4, 0.5) is 0 Å². The molecule has 0 unspecified atom stereocenters. The Bertz CT molecular complexity index is 525. The lowest BCUT2D eigenvalue weighted by molar-refractivity contribution is -0.122. The highest BCUT2D eigenvalue weighted by atomic mass is 16.3. The highest BCUT2D eigenvalue weighted by molar-refractivity contribution is 5.32. The number of carbonyl (C=O) groups is 1. The van der Waals surface area contributed by atoms with Gasteiger partial charge in [0.1, 0.15) is 0 Å². The lowest BCUT2D eigenvalue weighted by atomic mass is 10.0. The lowest BCUT2D eigenvalue weighted by Crippen LogP contribution is -1.88. The Labute approximate surface area is 86.4 Å². The summed E-state index contributed by atoms with van der Waals surface area (Å²) in [4.78, 5) is 8.36. The highest BCUT2D eigenvalue weighted by Crippen LogP contribution is 2.11. The van der Waals surface area contributed by atoms with E-state index >= 15 is 0 Å². The summed E-state index contributed by atoms with van der Waals surface area (Å²) in [6, 6.07) is 17.1. The van der Waals surface area contributed by atoms with Gasteiger partial charge in [0.2, 0.25) is 0 Å². The van der Waals surface area contributed by atoms with Crippen LogP contribution in [-0.4, -0.2) is 11.6 Å². The van der Waals surface area contributed by atoms with Crippen LogP contribution in [0.1, 0.15) is 0 Å². The summed E-state index contributed by atoms with van der Waals surface area (Å²) in [5.41, 5.74) is 0. The van der Waals surface area contributed by atoms with Gasteiger partial charge in [-0.25, -0.2) is 0 Å². The van der Waals surface area contributed by atoms with Gasteiger partial charge in [-0.2, -0.15) is 0 Å². The third-order valence-corrected chi connectivity index (χ3v) is 2.43. The van der Waals surface area contributed by atoms with Gasteiger partial charge < -0.3 is 5.11 Å². The molecule has 74 valence electrons. The largest absolute Gasteiger partial charge is 0.483 e. The summed E-state index contributed by atoms with van der Waals surface area (Å²) in [6.45, 7) is -0.250. The molecule has 0 saturated heterocycles. The lowest BCUT2D eigenvalue weighted by Gasteiger charge is -2.02. The van der Waals surface area contributed by atoms with E-state index in [2.05, 4.69) is 48.5 Å². The maximum absolute atomic E-state index is 8.36. The van der Waals surface area contributed by atoms with Gasteiger partial charge in [-0.3, -0.25) is 4.79 Å². The van der Waals surface area contributed by atoms with E-state index in [1.54, 1.807) is 0 Å². The second kappa shape index (κ2) is 3.96. The molecule has 0 saturated carbocycles. The molecule has 3 rings (SSSR count). The van der Waals surface area contributed by atoms with Gasteiger partial charge in [-0.15, -0.1) is 0 Å². The first kappa shape index (κ1) is 9.46. The van der Waals surface area contributed by atoms with Crippen LogP contribution in [0.25, 0.3) is 0 Å². The average Bonchev–Trinajstić information content (AvgIpc) is 2.27. The quantitative estimate of drug-likeness (QED) is 0.562. The van der Waals surface area contributed by atoms with E-state index in [0.717, 1.165) is 0 Å². The molecule has 0 amide bonds. The number of hydrogen-bond donors (Lipinski definition) is 1. The van der Waals surface area contributed by atoms with Gasteiger partial charge in [0.25, 0.3) is 6.47 Å². The van der Waals surface area contributed by atoms with Gasteiger partial charge in [-0.05, 0) is 20.9 Å². The zero-order valence-electron chi connectivity index (χ0n) is 8.05. The SMILES string of the molecule is O=CO.c1ccc2c(c1)=c1ccccc1=2. The minimum Gasteiger partial charge on any atom is -0.483 e. The van der Waals surface area contributed by atoms with Gasteiger partial charge in [0.15, 0.2) is 0 Å². The van der Waals surface area contributed by atoms with Crippen molar-refractivity contribution in [2.75, 3.05) is 0 Å². The summed E-state index contributed by atoms with van der Waals surface area (Å²) in [7, 11) is 0. The Morgan fingerprint density at radius 3 is 1.13 bits per heavy atom. The zero-order valence-corrected chi connectivity index (χ0v) is 8.05. The van der Waals surface area contributed by atoms with Crippen LogP contribution in [0.2, 0.25) is 0 Å². The highest BCUT2D eigenvalue weighted by Gasteiger charge is 1.97. The van der Waals surface area contributed by atoms with Crippen molar-refractivity contribution < 1.29 is 9.90 Å². The van der Waals surface area contributed by atoms with Gasteiger partial charge >= 0.3 is 0 Å². The normalized spacial score (nSPS) is 9.87. The van der Waals surface area contributed by atoms with Crippen LogP contribution in [0, 0.1) is 20.9 Å². The van der Waals surface area contributed by atoms with Crippen molar-refractivity contribution in [1.82, 2.24) is 0 Å². The van der Waals surface area contributed by atoms with E-state index in [1.807, 2.05) is 0 Å². The first-order chi connectivity index (χ1) is 7.38. The zero-order chi connectivity index (χ0) is 10.7. The van der Waals surface area contributed by atoms with Crippen LogP contribution in [0.3, 0.4) is 0 Å². The van der Waals surface area contributed by atoms with E-state index in [4.69, 9.17) is 9.90 Å². The maximum Gasteiger partial charge on any atom is 0.290 e. The number of hydrogen-bond acceptors (Lipinski definition) is 1. The van der Waals surface area contributed by atoms with E-state index in [-0.39, 0.29) is 6.47 Å². The smallest absolute Gasteiger partial charge is 0.290 e. The monoisotopic (exact) mass is 198 g/mol. The van der Waals surface area contributed by atoms with Crippen molar-refractivity contribution in [3.05, 3.63) is 69.4 Å². The van der Waals surface area contributed by atoms with Crippen LogP contribution in [0.15, 0.2) is 48.5 Å². The second-order valence-corrected chi connectivity index (χ2v) is 3.20. The predicted octanol–water partition coefficient (Wildman–Crippen LogP) is 2.27. The molecule has 0 heterocycles. The Kier molecular flexibility index (Phi) is 2.50. The molecular weight excluding hydrogens is 188 g/mol. The summed E-state index contributed by atoms with van der Waals surface area (Å²) >= 11 is 0. The summed E-state index contributed by atoms with van der Waals surface area (Å²) in [5.74, 6) is 0. The molecule has 0 fully saturated rings. The fourth-order valence-corrected chi connectivity index (χ4v) is 1.84. The predicted molar refractivity (Wildman–Crippen MR) is 56.9 cm³/mol. The number of fused-ring (bicyclic) bond motifs is 2. The van der Waals surface area contributed by atoms with Crippen LogP contribution in [-0.2, 0) is 4.79 Å². The fraction of sp³-hybridized carbons (Fsp3) is 0. The van der Waals surface area contributed by atoms with Gasteiger partial charge in [-0.1, -0.05) is 48.5 Å². The molecule has 0 bridgehead atoms. The first-order valence-electron chi connectivity index (χ1n) is 4.65. The first-order valence-corrected chi connectivity index (χ1v) is 4.65. The molecule has 1 aliphatic rings. The molecule has 2 heteroatoms. The Balaban J connectivity index is 0.000000258. The average molecular weight is 198 g/mol. The molecule has 0 spiro atoms. The van der Waals surface area contributed by atoms with E-state index in [1.165, 1.54) is 20.9 Å². The van der Waals surface area contributed by atoms with Crippen molar-refractivity contribution in [3.63, 3.8) is 0 Å². The fourth-order valence-electron chi connectivity index (χ4n) is 1.84. The minimum absolute atomic E-state index is 0.250. The molecule has 0 atom stereocenters. The van der Waals surface area contributed by atoms with Crippen molar-refractivity contribution in [1.29, 1.82) is 0 Å². The summed E-state index contributed by atoms with van der Waals surface area (Å²) in [5, 5.41) is 12.5. The molecule has 1 N–H and O–H groups in total. The van der Waals surface area contributed by atoms with Crippen molar-refractivity contribution in [2.45, 2.75) is 0 Å². The molecule has 1 aliphatic carbocycles. The standard InChI is InChI=1S/C12H8.CH2O2/c1-2-6-10-9(5-1)11-7-3-4-8-12(10)11;2-1-3/h1-8H;1H,(H,2,3). The molecule has 2 aromatic carbocycles. The second-order valence-electron chi connectivity index (χ2n) is 3.20. The number of benzene rings is 2. The van der Waals surface area contributed by atoms with E-state index in [0.29, 0.717) is 0 Å². The van der Waals surface area contributed by atoms with E-state index in [9.17, 15) is 0 Å². The molecule has 15 heavy (non-hydrogen) atoms. The van der Waals surface area contributed by atoms with Crippen molar-refractivity contribution >= 4 is 6.47 Å². The third kappa shape index (κ3) is 1.50. The van der Waals surface area contributed by atoms with Crippen LogP contribution in [0.5, 0.6) is 0 Å². The molecule has 2 aromatic rings. The molecule has 2 nitrogen and oxygen atoms in total. The van der Waals surface area contributed by atoms with Crippen LogP contribution >= 0.6 is 0 Å². The Hall–Kier alpha value is -2.09. The molecule has 0 aliphatic heterocycles. The van der Waals surface area contributed by atoms with Crippen LogP contribution < -0.4 is 0 Å². The molecule has 0 aromatic heterocycles. The maximum atomic E-state index is 8.36. The number of rotatable bonds is 0. The van der Waals surface area contributed by atoms with Gasteiger partial charge in [0.05, 0.1) is 0 Å². The number of carboxylic acid groups (broad SMARTS) is 1. The topological polar surface area (TPSA) is 37.3 Å². The molecule has 0 radical (unpaired) electrons. The summed E-state index contributed by atoms with van der Waals surface area (Å²) < 4.78 is 0. The van der Waals surface area contributed by atoms with E-state index < -0.39 is 0 Å². The third-order valence-electron chi connectivity index (χ3n) is 2.43. The van der Waals surface area contributed by atoms with Crippen molar-refractivity contribution in [2.24, 2.45) is 0 Å². The van der Waals surface area contributed by atoms with Gasteiger partial charge in [0, 0.05) is 0 Å².